The normalized spacial score (nSPS) is 12.1. The van der Waals surface area contributed by atoms with E-state index in [9.17, 15) is 21.6 Å². The maximum absolute atomic E-state index is 12.7. The predicted molar refractivity (Wildman–Crippen MR) is 95.4 cm³/mol. The molecule has 3 aromatic rings. The molecule has 142 valence electrons. The van der Waals surface area contributed by atoms with Crippen molar-refractivity contribution in [3.63, 3.8) is 0 Å². The second-order valence-electron chi connectivity index (χ2n) is 5.82. The van der Waals surface area contributed by atoms with Crippen LogP contribution in [0.5, 0.6) is 11.5 Å². The molecule has 0 spiro atoms. The van der Waals surface area contributed by atoms with Gasteiger partial charge < -0.3 is 8.92 Å². The molecule has 0 aliphatic carbocycles. The van der Waals surface area contributed by atoms with E-state index in [1.54, 1.807) is 54.6 Å². The van der Waals surface area contributed by atoms with E-state index in [-0.39, 0.29) is 12.2 Å². The highest BCUT2D eigenvalue weighted by Crippen LogP contribution is 2.33. The summed E-state index contributed by atoms with van der Waals surface area (Å²) in [5.74, 6) is 0.287. The lowest BCUT2D eigenvalue weighted by molar-refractivity contribution is -0.0500. The van der Waals surface area contributed by atoms with E-state index in [1.165, 1.54) is 13.2 Å². The van der Waals surface area contributed by atoms with Crippen LogP contribution in [0.2, 0.25) is 0 Å². The molecule has 0 bridgehead atoms. The zero-order valence-electron chi connectivity index (χ0n) is 14.2. The van der Waals surface area contributed by atoms with Crippen molar-refractivity contribution in [3.8, 4) is 11.5 Å². The van der Waals surface area contributed by atoms with Crippen molar-refractivity contribution in [3.05, 3.63) is 71.8 Å². The number of hydrogen-bond donors (Lipinski definition) is 0. The van der Waals surface area contributed by atoms with Gasteiger partial charge in [0.1, 0.15) is 11.5 Å². The molecule has 0 atom stereocenters. The number of fused-ring (bicyclic) bond motifs is 1. The molecule has 0 unspecified atom stereocenters. The number of rotatable bonds is 5. The molecular weight excluding hydrogens is 381 g/mol. The molecule has 0 aliphatic rings. The zero-order chi connectivity index (χ0) is 19.7. The van der Waals surface area contributed by atoms with Gasteiger partial charge in [0, 0.05) is 12.0 Å². The lowest BCUT2D eigenvalue weighted by Gasteiger charge is -2.14. The van der Waals surface area contributed by atoms with Crippen molar-refractivity contribution in [2.75, 3.05) is 7.11 Å². The van der Waals surface area contributed by atoms with E-state index in [0.29, 0.717) is 16.7 Å². The quantitative estimate of drug-likeness (QED) is 0.465. The molecule has 0 heterocycles. The van der Waals surface area contributed by atoms with Crippen LogP contribution in [0.1, 0.15) is 11.1 Å². The molecule has 27 heavy (non-hydrogen) atoms. The molecule has 3 aromatic carbocycles. The first-order valence-electron chi connectivity index (χ1n) is 7.85. The van der Waals surface area contributed by atoms with Gasteiger partial charge in [-0.25, -0.2) is 0 Å². The third kappa shape index (κ3) is 4.16. The Morgan fingerprint density at radius 2 is 1.52 bits per heavy atom. The minimum absolute atomic E-state index is 0.192. The van der Waals surface area contributed by atoms with Crippen LogP contribution in [0.3, 0.4) is 0 Å². The lowest BCUT2D eigenvalue weighted by atomic mass is 10.00. The van der Waals surface area contributed by atoms with Gasteiger partial charge in [0.25, 0.3) is 0 Å². The van der Waals surface area contributed by atoms with E-state index in [0.717, 1.165) is 10.9 Å². The van der Waals surface area contributed by atoms with Crippen LogP contribution in [0.4, 0.5) is 13.2 Å². The first-order valence-corrected chi connectivity index (χ1v) is 9.26. The first kappa shape index (κ1) is 19.0. The Labute approximate surface area is 154 Å². The molecule has 3 rings (SSSR count). The third-order valence-electron chi connectivity index (χ3n) is 3.97. The third-order valence-corrected chi connectivity index (χ3v) is 4.93. The number of alkyl halides is 3. The molecule has 0 aromatic heterocycles. The summed E-state index contributed by atoms with van der Waals surface area (Å²) in [5, 5.41) is 1.33. The number of hydrogen-bond acceptors (Lipinski definition) is 4. The summed E-state index contributed by atoms with van der Waals surface area (Å²) in [6.07, 6.45) is 0.192. The Morgan fingerprint density at radius 3 is 2.07 bits per heavy atom. The van der Waals surface area contributed by atoms with Gasteiger partial charge in [-0.1, -0.05) is 36.4 Å². The fourth-order valence-electron chi connectivity index (χ4n) is 2.61. The van der Waals surface area contributed by atoms with Crippen molar-refractivity contribution in [2.45, 2.75) is 11.9 Å². The molecule has 0 radical (unpaired) electrons. The van der Waals surface area contributed by atoms with Gasteiger partial charge in [-0.15, -0.1) is 0 Å². The minimum Gasteiger partial charge on any atom is -0.497 e. The van der Waals surface area contributed by atoms with Crippen molar-refractivity contribution in [1.29, 1.82) is 0 Å². The van der Waals surface area contributed by atoms with Crippen molar-refractivity contribution >= 4 is 20.9 Å². The van der Waals surface area contributed by atoms with E-state index in [4.69, 9.17) is 4.74 Å². The minimum atomic E-state index is -5.76. The Balaban J connectivity index is 2.05. The van der Waals surface area contributed by atoms with Gasteiger partial charge in [-0.05, 0) is 40.6 Å². The summed E-state index contributed by atoms with van der Waals surface area (Å²) in [7, 11) is -4.24. The van der Waals surface area contributed by atoms with E-state index in [1.807, 2.05) is 0 Å². The fraction of sp³-hybridized carbons (Fsp3) is 0.158. The zero-order valence-corrected chi connectivity index (χ0v) is 15.0. The first-order chi connectivity index (χ1) is 12.7. The standard InChI is InChI=1S/C19H15F3O4S/c1-25-17-8-6-13(7-9-17)10-16-11-14-4-2-3-5-15(14)12-18(16)26-27(23,24)19(20,21)22/h2-9,11-12H,10H2,1H3. The smallest absolute Gasteiger partial charge is 0.497 e. The molecule has 0 fully saturated rings. The molecular formula is C19H15F3O4S. The molecule has 8 heteroatoms. The van der Waals surface area contributed by atoms with Crippen LogP contribution in [0.15, 0.2) is 60.7 Å². The summed E-state index contributed by atoms with van der Waals surface area (Å²) in [6.45, 7) is 0. The molecule has 0 saturated carbocycles. The maximum Gasteiger partial charge on any atom is 0.534 e. The number of methoxy groups -OCH3 is 1. The second kappa shape index (κ2) is 7.11. The average Bonchev–Trinajstić information content (AvgIpc) is 2.61. The van der Waals surface area contributed by atoms with Crippen LogP contribution >= 0.6 is 0 Å². The Morgan fingerprint density at radius 1 is 0.926 bits per heavy atom. The maximum atomic E-state index is 12.7. The Bertz CT molecular complexity index is 1060. The van der Waals surface area contributed by atoms with Crippen molar-refractivity contribution in [2.24, 2.45) is 0 Å². The number of benzene rings is 3. The summed E-state index contributed by atoms with van der Waals surface area (Å²) >= 11 is 0. The molecule has 4 nitrogen and oxygen atoms in total. The van der Waals surface area contributed by atoms with E-state index >= 15 is 0 Å². The highest BCUT2D eigenvalue weighted by molar-refractivity contribution is 7.88. The lowest BCUT2D eigenvalue weighted by Crippen LogP contribution is -2.28. The van der Waals surface area contributed by atoms with Crippen LogP contribution in [0.25, 0.3) is 10.8 Å². The van der Waals surface area contributed by atoms with Gasteiger partial charge in [0.2, 0.25) is 0 Å². The van der Waals surface area contributed by atoms with Crippen molar-refractivity contribution < 1.29 is 30.5 Å². The topological polar surface area (TPSA) is 52.6 Å². The summed E-state index contributed by atoms with van der Waals surface area (Å²) in [4.78, 5) is 0. The monoisotopic (exact) mass is 396 g/mol. The highest BCUT2D eigenvalue weighted by atomic mass is 32.2. The largest absolute Gasteiger partial charge is 0.534 e. The van der Waals surface area contributed by atoms with Gasteiger partial charge in [0.05, 0.1) is 7.11 Å². The SMILES string of the molecule is COc1ccc(Cc2cc3ccccc3cc2OS(=O)(=O)C(F)(F)F)cc1. The van der Waals surface area contributed by atoms with Crippen LogP contribution in [-0.2, 0) is 16.5 Å². The summed E-state index contributed by atoms with van der Waals surface area (Å²) in [5.41, 5.74) is -4.41. The summed E-state index contributed by atoms with van der Waals surface area (Å²) < 4.78 is 70.7. The van der Waals surface area contributed by atoms with Gasteiger partial charge in [-0.2, -0.15) is 21.6 Å². The molecule has 0 saturated heterocycles. The molecule has 0 N–H and O–H groups in total. The van der Waals surface area contributed by atoms with Crippen LogP contribution in [-0.4, -0.2) is 21.0 Å². The van der Waals surface area contributed by atoms with Gasteiger partial charge in [0.15, 0.2) is 0 Å². The fourth-order valence-corrected chi connectivity index (χ4v) is 3.10. The van der Waals surface area contributed by atoms with Crippen LogP contribution < -0.4 is 8.92 Å². The highest BCUT2D eigenvalue weighted by Gasteiger charge is 2.48. The number of halogens is 3. The van der Waals surface area contributed by atoms with E-state index in [2.05, 4.69) is 4.18 Å². The number of ether oxygens (including phenoxy) is 1. The Hall–Kier alpha value is -2.74. The van der Waals surface area contributed by atoms with E-state index < -0.39 is 15.6 Å². The van der Waals surface area contributed by atoms with Gasteiger partial charge >= 0.3 is 15.6 Å². The van der Waals surface area contributed by atoms with Gasteiger partial charge in [-0.3, -0.25) is 0 Å². The Kier molecular flexibility index (Phi) is 5.01. The molecule has 0 amide bonds. The summed E-state index contributed by atoms with van der Waals surface area (Å²) in [6, 6.07) is 16.8. The molecule has 0 aliphatic heterocycles. The average molecular weight is 396 g/mol. The van der Waals surface area contributed by atoms with Crippen molar-refractivity contribution in [1.82, 2.24) is 0 Å². The second-order valence-corrected chi connectivity index (χ2v) is 7.35. The van der Waals surface area contributed by atoms with Crippen LogP contribution in [0, 0.1) is 0 Å². The predicted octanol–water partition coefficient (Wildman–Crippen LogP) is 4.67.